The van der Waals surface area contributed by atoms with E-state index in [-0.39, 0.29) is 29.8 Å². The topological polar surface area (TPSA) is 89.3 Å². The molecular weight excluding hydrogens is 409 g/mol. The Morgan fingerprint density at radius 3 is 2.76 bits per heavy atom. The minimum absolute atomic E-state index is 0.00592. The number of nitrogens with one attached hydrogen (secondary N) is 2. The van der Waals surface area contributed by atoms with Crippen LogP contribution in [-0.2, 0) is 22.3 Å². The molecular formula is C19H20ClF3N4O2. The summed E-state index contributed by atoms with van der Waals surface area (Å²) in [6.07, 6.45) is -2.71. The molecule has 1 aromatic heterocycles. The van der Waals surface area contributed by atoms with Crippen LogP contribution in [0.3, 0.4) is 0 Å². The zero-order valence-electron chi connectivity index (χ0n) is 15.6. The summed E-state index contributed by atoms with van der Waals surface area (Å²) in [6, 6.07) is 5.15. The van der Waals surface area contributed by atoms with E-state index in [1.807, 2.05) is 0 Å². The third kappa shape index (κ3) is 4.98. The van der Waals surface area contributed by atoms with Gasteiger partial charge in [-0.05, 0) is 43.2 Å². The molecule has 1 aromatic carbocycles. The number of carbonyl (C=O) groups is 1. The highest BCUT2D eigenvalue weighted by Gasteiger charge is 2.38. The highest BCUT2D eigenvalue weighted by molar-refractivity contribution is 6.30. The van der Waals surface area contributed by atoms with E-state index in [2.05, 4.69) is 15.6 Å². The number of nitrogens with two attached hydrogens (primary N) is 1. The molecule has 156 valence electrons. The summed E-state index contributed by atoms with van der Waals surface area (Å²) < 4.78 is 44.9. The van der Waals surface area contributed by atoms with Gasteiger partial charge >= 0.3 is 6.18 Å². The second-order valence-electron chi connectivity index (χ2n) is 6.94. The number of alkyl halides is 3. The zero-order valence-corrected chi connectivity index (χ0v) is 16.3. The fourth-order valence-electron chi connectivity index (χ4n) is 2.97. The Kier molecular flexibility index (Phi) is 6.02. The first kappa shape index (κ1) is 21.4. The Morgan fingerprint density at radius 2 is 2.14 bits per heavy atom. The van der Waals surface area contributed by atoms with E-state index in [0.717, 1.165) is 6.07 Å². The number of carbonyl (C=O) groups excluding carboxylic acids is 1. The summed E-state index contributed by atoms with van der Waals surface area (Å²) in [5.74, 6) is -0.325. The summed E-state index contributed by atoms with van der Waals surface area (Å²) in [4.78, 5) is 16.5. The predicted octanol–water partition coefficient (Wildman–Crippen LogP) is 3.54. The fraction of sp³-hybridized carbons (Fsp3) is 0.368. The van der Waals surface area contributed by atoms with Crippen molar-refractivity contribution in [1.29, 1.82) is 0 Å². The van der Waals surface area contributed by atoms with E-state index in [9.17, 15) is 18.0 Å². The molecule has 1 aliphatic rings. The van der Waals surface area contributed by atoms with Crippen LogP contribution in [0.25, 0.3) is 0 Å². The Balaban J connectivity index is 1.71. The van der Waals surface area contributed by atoms with Gasteiger partial charge in [0.2, 0.25) is 5.91 Å². The minimum atomic E-state index is -4.55. The number of hydrogen-bond donors (Lipinski definition) is 3. The number of rotatable bonds is 5. The average molecular weight is 429 g/mol. The van der Waals surface area contributed by atoms with E-state index in [1.54, 1.807) is 13.0 Å². The quantitative estimate of drug-likeness (QED) is 0.677. The molecule has 2 aromatic rings. The number of halogens is 4. The summed E-state index contributed by atoms with van der Waals surface area (Å²) in [5, 5.41) is 5.46. The van der Waals surface area contributed by atoms with Gasteiger partial charge in [-0.2, -0.15) is 13.2 Å². The van der Waals surface area contributed by atoms with Gasteiger partial charge in [0.25, 0.3) is 0 Å². The molecule has 1 atom stereocenters. The number of nitrogens with zero attached hydrogens (tertiary/aromatic N) is 1. The lowest BCUT2D eigenvalue weighted by Crippen LogP contribution is -2.54. The van der Waals surface area contributed by atoms with Crippen LogP contribution in [0.2, 0.25) is 5.02 Å². The molecule has 0 aliphatic carbocycles. The van der Waals surface area contributed by atoms with Gasteiger partial charge in [-0.1, -0.05) is 11.6 Å². The molecule has 0 spiro atoms. The smallest absolute Gasteiger partial charge is 0.379 e. The zero-order chi connectivity index (χ0) is 21.2. The molecule has 0 saturated carbocycles. The molecule has 0 radical (unpaired) electrons. The van der Waals surface area contributed by atoms with E-state index in [0.29, 0.717) is 30.0 Å². The highest BCUT2D eigenvalue weighted by atomic mass is 35.5. The molecule has 10 heteroatoms. The van der Waals surface area contributed by atoms with Gasteiger partial charge in [0.1, 0.15) is 5.54 Å². The number of anilines is 2. The third-order valence-electron chi connectivity index (χ3n) is 4.67. The van der Waals surface area contributed by atoms with Crippen molar-refractivity contribution in [1.82, 2.24) is 10.3 Å². The third-order valence-corrected chi connectivity index (χ3v) is 4.91. The molecule has 1 aliphatic heterocycles. The van der Waals surface area contributed by atoms with E-state index < -0.39 is 17.3 Å². The van der Waals surface area contributed by atoms with Crippen LogP contribution in [0.1, 0.15) is 23.2 Å². The second kappa shape index (κ2) is 8.17. The SMILES string of the molecule is Cc1cc(Nc2ccc(Cl)cc2C(F)(F)F)cnc1CNC(=O)C1(N)CCOC1. The number of aromatic nitrogens is 1. The Labute approximate surface area is 170 Å². The molecule has 2 heterocycles. The first-order valence-electron chi connectivity index (χ1n) is 8.83. The normalized spacial score (nSPS) is 19.2. The lowest BCUT2D eigenvalue weighted by molar-refractivity contribution is -0.137. The molecule has 6 nitrogen and oxygen atoms in total. The van der Waals surface area contributed by atoms with E-state index >= 15 is 0 Å². The van der Waals surface area contributed by atoms with Gasteiger partial charge in [0.15, 0.2) is 0 Å². The van der Waals surface area contributed by atoms with Gasteiger partial charge < -0.3 is 21.1 Å². The van der Waals surface area contributed by atoms with Gasteiger partial charge in [0, 0.05) is 11.6 Å². The van der Waals surface area contributed by atoms with Crippen LogP contribution in [0.5, 0.6) is 0 Å². The maximum Gasteiger partial charge on any atom is 0.418 e. The van der Waals surface area contributed by atoms with Gasteiger partial charge in [0.05, 0.1) is 42.0 Å². The number of hydrogen-bond acceptors (Lipinski definition) is 5. The van der Waals surface area contributed by atoms with Crippen LogP contribution >= 0.6 is 11.6 Å². The molecule has 1 amide bonds. The predicted molar refractivity (Wildman–Crippen MR) is 103 cm³/mol. The summed E-state index contributed by atoms with van der Waals surface area (Å²) >= 11 is 5.70. The van der Waals surface area contributed by atoms with Crippen molar-refractivity contribution in [2.24, 2.45) is 5.73 Å². The lowest BCUT2D eigenvalue weighted by Gasteiger charge is -2.21. The van der Waals surface area contributed by atoms with Gasteiger partial charge in [-0.3, -0.25) is 9.78 Å². The van der Waals surface area contributed by atoms with Crippen LogP contribution in [0.4, 0.5) is 24.5 Å². The maximum absolute atomic E-state index is 13.2. The summed E-state index contributed by atoms with van der Waals surface area (Å²) in [6.45, 7) is 2.50. The van der Waals surface area contributed by atoms with Crippen LogP contribution in [0, 0.1) is 6.92 Å². The summed E-state index contributed by atoms with van der Waals surface area (Å²) in [5.41, 5.74) is 5.63. The molecule has 1 unspecified atom stereocenters. The molecule has 4 N–H and O–H groups in total. The number of amides is 1. The van der Waals surface area contributed by atoms with E-state index in [1.165, 1.54) is 18.3 Å². The van der Waals surface area contributed by atoms with Crippen molar-refractivity contribution in [3.8, 4) is 0 Å². The number of ether oxygens (including phenoxy) is 1. The Morgan fingerprint density at radius 1 is 1.38 bits per heavy atom. The van der Waals surface area contributed by atoms with Crippen molar-refractivity contribution in [3.05, 3.63) is 52.3 Å². The molecule has 29 heavy (non-hydrogen) atoms. The molecule has 1 saturated heterocycles. The highest BCUT2D eigenvalue weighted by Crippen LogP contribution is 2.37. The molecule has 3 rings (SSSR count). The number of pyridine rings is 1. The van der Waals surface area contributed by atoms with Crippen molar-refractivity contribution < 1.29 is 22.7 Å². The second-order valence-corrected chi connectivity index (χ2v) is 7.38. The largest absolute Gasteiger partial charge is 0.418 e. The van der Waals surface area contributed by atoms with Gasteiger partial charge in [-0.25, -0.2) is 0 Å². The monoisotopic (exact) mass is 428 g/mol. The van der Waals surface area contributed by atoms with E-state index in [4.69, 9.17) is 22.1 Å². The number of benzene rings is 1. The number of aryl methyl sites for hydroxylation is 1. The van der Waals surface area contributed by atoms with Crippen molar-refractivity contribution in [2.45, 2.75) is 31.6 Å². The maximum atomic E-state index is 13.2. The van der Waals surface area contributed by atoms with Crippen molar-refractivity contribution >= 4 is 28.9 Å². The standard InChI is InChI=1S/C19H20ClF3N4O2/c1-11-6-13(27-15-3-2-12(20)7-14(15)19(21,22)23)8-25-16(11)9-26-17(28)18(24)4-5-29-10-18/h2-3,6-8,27H,4-5,9-10,24H2,1H3,(H,26,28). The summed E-state index contributed by atoms with van der Waals surface area (Å²) in [7, 11) is 0. The van der Waals surface area contributed by atoms with Crippen LogP contribution < -0.4 is 16.4 Å². The van der Waals surface area contributed by atoms with Crippen molar-refractivity contribution in [2.75, 3.05) is 18.5 Å². The fourth-order valence-corrected chi connectivity index (χ4v) is 3.14. The first-order valence-corrected chi connectivity index (χ1v) is 9.20. The molecule has 1 fully saturated rings. The van der Waals surface area contributed by atoms with Crippen LogP contribution in [-0.4, -0.2) is 29.6 Å². The minimum Gasteiger partial charge on any atom is -0.379 e. The first-order chi connectivity index (χ1) is 13.6. The van der Waals surface area contributed by atoms with Crippen LogP contribution in [0.15, 0.2) is 30.5 Å². The average Bonchev–Trinajstić information content (AvgIpc) is 3.09. The van der Waals surface area contributed by atoms with Gasteiger partial charge in [-0.15, -0.1) is 0 Å². The Hall–Kier alpha value is -2.36. The van der Waals surface area contributed by atoms with Crippen molar-refractivity contribution in [3.63, 3.8) is 0 Å². The lowest BCUT2D eigenvalue weighted by atomic mass is 9.99. The Bertz CT molecular complexity index is 915. The molecule has 0 bridgehead atoms.